The number of carbonyl (C=O) groups is 2. The molecule has 1 saturated heterocycles. The van der Waals surface area contributed by atoms with E-state index in [1.54, 1.807) is 6.07 Å². The van der Waals surface area contributed by atoms with Crippen molar-refractivity contribution in [3.63, 3.8) is 0 Å². The Balaban J connectivity index is 1.97. The molecule has 21 heavy (non-hydrogen) atoms. The predicted octanol–water partition coefficient (Wildman–Crippen LogP) is 0.142. The number of amides is 2. The van der Waals surface area contributed by atoms with E-state index in [2.05, 4.69) is 15.5 Å². The third kappa shape index (κ3) is 3.61. The van der Waals surface area contributed by atoms with Crippen LogP contribution in [0.15, 0.2) is 23.0 Å². The van der Waals surface area contributed by atoms with Crippen LogP contribution in [-0.4, -0.2) is 35.8 Å². The molecule has 0 bridgehead atoms. The van der Waals surface area contributed by atoms with Gasteiger partial charge in [0, 0.05) is 11.6 Å². The van der Waals surface area contributed by atoms with Gasteiger partial charge in [-0.25, -0.2) is 4.79 Å². The van der Waals surface area contributed by atoms with Gasteiger partial charge < -0.3 is 24.6 Å². The van der Waals surface area contributed by atoms with Gasteiger partial charge >= 0.3 is 6.09 Å². The lowest BCUT2D eigenvalue weighted by Crippen LogP contribution is -2.48. The molecule has 1 aliphatic heterocycles. The van der Waals surface area contributed by atoms with E-state index < -0.39 is 35.3 Å². The third-order valence-corrected chi connectivity index (χ3v) is 2.78. The molecule has 0 radical (unpaired) electrons. The molecule has 0 saturated carbocycles. The second kappa shape index (κ2) is 6.11. The van der Waals surface area contributed by atoms with Gasteiger partial charge in [0.1, 0.15) is 6.61 Å². The zero-order valence-electron chi connectivity index (χ0n) is 11.0. The van der Waals surface area contributed by atoms with Gasteiger partial charge in [-0.2, -0.15) is 0 Å². The maximum absolute atomic E-state index is 12.1. The molecular formula is C11H13N3O7. The highest BCUT2D eigenvalue weighted by atomic mass is 16.9. The molecule has 10 nitrogen and oxygen atoms in total. The largest absolute Gasteiger partial charge is 0.472 e. The molecular weight excluding hydrogens is 286 g/mol. The topological polar surface area (TPSA) is 133 Å². The number of carbonyl (C=O) groups excluding carboxylic acids is 2. The lowest BCUT2D eigenvalue weighted by atomic mass is 10.1. The Labute approximate surface area is 118 Å². The quantitative estimate of drug-likeness (QED) is 0.563. The summed E-state index contributed by atoms with van der Waals surface area (Å²) in [7, 11) is 0. The summed E-state index contributed by atoms with van der Waals surface area (Å²) in [4.78, 5) is 37.6. The first kappa shape index (κ1) is 14.6. The molecule has 2 N–H and O–H groups in total. The van der Waals surface area contributed by atoms with E-state index in [1.165, 1.54) is 19.5 Å². The molecule has 2 heterocycles. The van der Waals surface area contributed by atoms with Gasteiger partial charge in [-0.1, -0.05) is 0 Å². The van der Waals surface area contributed by atoms with E-state index >= 15 is 0 Å². The van der Waals surface area contributed by atoms with Crippen LogP contribution in [0.4, 0.5) is 4.79 Å². The maximum atomic E-state index is 12.1. The smallest absolute Gasteiger partial charge is 0.408 e. The average molecular weight is 299 g/mol. The number of rotatable bonds is 6. The fourth-order valence-corrected chi connectivity index (χ4v) is 1.87. The van der Waals surface area contributed by atoms with Crippen molar-refractivity contribution in [3.8, 4) is 0 Å². The van der Waals surface area contributed by atoms with Crippen molar-refractivity contribution in [2.75, 3.05) is 6.61 Å². The Kier molecular flexibility index (Phi) is 4.26. The van der Waals surface area contributed by atoms with E-state index in [-0.39, 0.29) is 6.61 Å². The van der Waals surface area contributed by atoms with Gasteiger partial charge in [0.25, 0.3) is 5.09 Å². The number of nitrogens with one attached hydrogen (secondary N) is 2. The number of alkyl carbamates (subject to hydrolysis) is 1. The lowest BCUT2D eigenvalue weighted by Gasteiger charge is -2.18. The van der Waals surface area contributed by atoms with Crippen LogP contribution in [0.1, 0.15) is 18.6 Å². The predicted molar refractivity (Wildman–Crippen MR) is 65.4 cm³/mol. The van der Waals surface area contributed by atoms with Crippen molar-refractivity contribution in [2.45, 2.75) is 25.1 Å². The highest BCUT2D eigenvalue weighted by Crippen LogP contribution is 2.26. The Morgan fingerprint density at radius 3 is 3.05 bits per heavy atom. The summed E-state index contributed by atoms with van der Waals surface area (Å²) >= 11 is 0. The van der Waals surface area contributed by atoms with Gasteiger partial charge in [0.05, 0.1) is 12.5 Å². The zero-order chi connectivity index (χ0) is 15.4. The molecule has 1 fully saturated rings. The molecule has 1 aliphatic rings. The van der Waals surface area contributed by atoms with E-state index in [1.807, 2.05) is 0 Å². The van der Waals surface area contributed by atoms with E-state index in [9.17, 15) is 19.7 Å². The molecule has 3 atom stereocenters. The van der Waals surface area contributed by atoms with Crippen molar-refractivity contribution in [1.29, 1.82) is 0 Å². The van der Waals surface area contributed by atoms with Crippen LogP contribution < -0.4 is 10.6 Å². The maximum Gasteiger partial charge on any atom is 0.408 e. The highest BCUT2D eigenvalue weighted by Gasteiger charge is 2.41. The van der Waals surface area contributed by atoms with Crippen LogP contribution in [0.3, 0.4) is 0 Å². The average Bonchev–Trinajstić information content (AvgIpc) is 3.04. The zero-order valence-corrected chi connectivity index (χ0v) is 11.0. The van der Waals surface area contributed by atoms with Gasteiger partial charge in [-0.15, -0.1) is 10.1 Å². The molecule has 1 aromatic heterocycles. The normalized spacial score (nSPS) is 22.0. The van der Waals surface area contributed by atoms with Gasteiger partial charge in [0.15, 0.2) is 12.1 Å². The molecule has 10 heteroatoms. The van der Waals surface area contributed by atoms with Gasteiger partial charge in [-0.05, 0) is 13.0 Å². The number of cyclic esters (lactones) is 1. The van der Waals surface area contributed by atoms with Crippen LogP contribution in [0.5, 0.6) is 0 Å². The van der Waals surface area contributed by atoms with E-state index in [0.717, 1.165) is 0 Å². The Morgan fingerprint density at radius 2 is 2.43 bits per heavy atom. The second-order valence-electron chi connectivity index (χ2n) is 4.43. The van der Waals surface area contributed by atoms with Gasteiger partial charge in [0.2, 0.25) is 5.91 Å². The molecule has 1 aromatic rings. The van der Waals surface area contributed by atoms with Crippen LogP contribution in [0, 0.1) is 10.1 Å². The Bertz CT molecular complexity index is 530. The highest BCUT2D eigenvalue weighted by molar-refractivity contribution is 5.89. The number of hydrogen-bond donors (Lipinski definition) is 2. The SMILES string of the molecule is CC(CO[N+](=O)[O-])NC(=O)C1NC(=O)OC1c1ccoc1. The first-order valence-corrected chi connectivity index (χ1v) is 6.04. The monoisotopic (exact) mass is 299 g/mol. The van der Waals surface area contributed by atoms with Crippen LogP contribution in [-0.2, 0) is 14.4 Å². The molecule has 114 valence electrons. The number of furan rings is 1. The fraction of sp³-hybridized carbons (Fsp3) is 0.455. The van der Waals surface area contributed by atoms with Crippen molar-refractivity contribution >= 4 is 12.0 Å². The summed E-state index contributed by atoms with van der Waals surface area (Å²) in [5.41, 5.74) is 0.530. The van der Waals surface area contributed by atoms with Crippen molar-refractivity contribution < 1.29 is 28.7 Å². The van der Waals surface area contributed by atoms with E-state index in [4.69, 9.17) is 9.15 Å². The summed E-state index contributed by atoms with van der Waals surface area (Å²) < 4.78 is 9.90. The first-order chi connectivity index (χ1) is 9.97. The minimum absolute atomic E-state index is 0.295. The summed E-state index contributed by atoms with van der Waals surface area (Å²) in [5, 5.41) is 14.0. The third-order valence-electron chi connectivity index (χ3n) is 2.78. The Morgan fingerprint density at radius 1 is 1.67 bits per heavy atom. The summed E-state index contributed by atoms with van der Waals surface area (Å²) in [6.07, 6.45) is 1.21. The number of ether oxygens (including phenoxy) is 1. The minimum Gasteiger partial charge on any atom is -0.472 e. The molecule has 3 unspecified atom stereocenters. The number of hydrogen-bond acceptors (Lipinski definition) is 7. The molecule has 0 spiro atoms. The Hall–Kier alpha value is -2.78. The van der Waals surface area contributed by atoms with E-state index in [0.29, 0.717) is 5.56 Å². The summed E-state index contributed by atoms with van der Waals surface area (Å²) in [6.45, 7) is 1.24. The fourth-order valence-electron chi connectivity index (χ4n) is 1.87. The van der Waals surface area contributed by atoms with Crippen LogP contribution in [0.2, 0.25) is 0 Å². The lowest BCUT2D eigenvalue weighted by molar-refractivity contribution is -0.758. The summed E-state index contributed by atoms with van der Waals surface area (Å²) in [5.74, 6) is -0.536. The van der Waals surface area contributed by atoms with Crippen molar-refractivity contribution in [1.82, 2.24) is 10.6 Å². The minimum atomic E-state index is -0.951. The van der Waals surface area contributed by atoms with Crippen molar-refractivity contribution in [3.05, 3.63) is 34.3 Å². The van der Waals surface area contributed by atoms with Crippen molar-refractivity contribution in [2.24, 2.45) is 0 Å². The molecule has 0 aliphatic carbocycles. The van der Waals surface area contributed by atoms with Crippen LogP contribution in [0.25, 0.3) is 0 Å². The van der Waals surface area contributed by atoms with Crippen LogP contribution >= 0.6 is 0 Å². The molecule has 2 amide bonds. The summed E-state index contributed by atoms with van der Waals surface area (Å²) in [6, 6.07) is 0.0170. The molecule has 0 aromatic carbocycles. The first-order valence-electron chi connectivity index (χ1n) is 6.04. The number of nitrogens with zero attached hydrogens (tertiary/aromatic N) is 1. The van der Waals surface area contributed by atoms with Gasteiger partial charge in [-0.3, -0.25) is 4.79 Å². The second-order valence-corrected chi connectivity index (χ2v) is 4.43. The standard InChI is InChI=1S/C11H13N3O7/c1-6(4-20-14(17)18)12-10(15)8-9(21-11(16)13-8)7-2-3-19-5-7/h2-3,5-6,8-9H,4H2,1H3,(H,12,15)(H,13,16). The molecule has 2 rings (SSSR count).